The van der Waals surface area contributed by atoms with Crippen molar-refractivity contribution < 1.29 is 19.0 Å². The Labute approximate surface area is 172 Å². The second-order valence-electron chi connectivity index (χ2n) is 8.36. The van der Waals surface area contributed by atoms with Gasteiger partial charge in [-0.2, -0.15) is 5.26 Å². The van der Waals surface area contributed by atoms with E-state index in [0.29, 0.717) is 25.1 Å². The van der Waals surface area contributed by atoms with Gasteiger partial charge in [0, 0.05) is 25.1 Å². The number of nitrogens with zero attached hydrogens (tertiary/aromatic N) is 2. The molecule has 0 bridgehead atoms. The first kappa shape index (κ1) is 21.5. The van der Waals surface area contributed by atoms with Crippen molar-refractivity contribution in [3.63, 3.8) is 0 Å². The summed E-state index contributed by atoms with van der Waals surface area (Å²) in [5.41, 5.74) is 2.93. The first-order chi connectivity index (χ1) is 13.9. The summed E-state index contributed by atoms with van der Waals surface area (Å²) in [6.07, 6.45) is 5.54. The number of ether oxygens (including phenoxy) is 3. The van der Waals surface area contributed by atoms with Gasteiger partial charge in [-0.3, -0.25) is 4.79 Å². The van der Waals surface area contributed by atoms with Crippen LogP contribution in [0.5, 0.6) is 5.88 Å². The number of aromatic nitrogens is 1. The van der Waals surface area contributed by atoms with Crippen LogP contribution in [0.25, 0.3) is 0 Å². The lowest BCUT2D eigenvalue weighted by molar-refractivity contribution is -0.123. The maximum Gasteiger partial charge on any atom is 0.258 e. The maximum atomic E-state index is 12.2. The Bertz CT molecular complexity index is 779. The van der Waals surface area contributed by atoms with E-state index < -0.39 is 0 Å². The van der Waals surface area contributed by atoms with E-state index in [-0.39, 0.29) is 30.1 Å². The fourth-order valence-corrected chi connectivity index (χ4v) is 3.80. The molecular formula is C22H31N3O4. The fraction of sp³-hybridized carbons (Fsp3) is 0.682. The zero-order valence-electron chi connectivity index (χ0n) is 17.7. The molecule has 7 heteroatoms. The number of pyridine rings is 1. The Morgan fingerprint density at radius 2 is 2.24 bits per heavy atom. The Morgan fingerprint density at radius 3 is 2.93 bits per heavy atom. The largest absolute Gasteiger partial charge is 0.467 e. The number of hydrogen-bond donors (Lipinski definition) is 1. The van der Waals surface area contributed by atoms with Gasteiger partial charge >= 0.3 is 0 Å². The number of unbranched alkanes of at least 4 members (excludes halogenated alkanes) is 1. The molecule has 0 saturated carbocycles. The molecule has 2 aliphatic rings. The molecule has 0 aliphatic carbocycles. The van der Waals surface area contributed by atoms with E-state index in [1.807, 2.05) is 13.8 Å². The van der Waals surface area contributed by atoms with Crippen LogP contribution < -0.4 is 10.1 Å². The molecule has 0 aromatic carbocycles. The predicted octanol–water partition coefficient (Wildman–Crippen LogP) is 2.82. The Hall–Kier alpha value is -2.17. The molecule has 158 valence electrons. The molecule has 0 radical (unpaired) electrons. The molecule has 3 rings (SSSR count). The van der Waals surface area contributed by atoms with E-state index in [1.54, 1.807) is 0 Å². The third-order valence-electron chi connectivity index (χ3n) is 5.44. The van der Waals surface area contributed by atoms with Gasteiger partial charge in [-0.15, -0.1) is 0 Å². The number of carbonyl (C=O) groups is 1. The Kier molecular flexibility index (Phi) is 7.09. The highest BCUT2D eigenvalue weighted by Gasteiger charge is 2.32. The van der Waals surface area contributed by atoms with Crippen LogP contribution in [0.15, 0.2) is 0 Å². The third kappa shape index (κ3) is 5.46. The maximum absolute atomic E-state index is 12.2. The van der Waals surface area contributed by atoms with Crippen molar-refractivity contribution >= 4 is 5.91 Å². The van der Waals surface area contributed by atoms with Crippen LogP contribution in [0.4, 0.5) is 0 Å². The van der Waals surface area contributed by atoms with Crippen molar-refractivity contribution in [3.05, 3.63) is 22.4 Å². The summed E-state index contributed by atoms with van der Waals surface area (Å²) in [7, 11) is 0. The summed E-state index contributed by atoms with van der Waals surface area (Å²) in [4.78, 5) is 16.8. The zero-order valence-corrected chi connectivity index (χ0v) is 17.7. The Morgan fingerprint density at radius 1 is 1.41 bits per heavy atom. The zero-order chi connectivity index (χ0) is 20.9. The first-order valence-corrected chi connectivity index (χ1v) is 10.5. The molecule has 2 aliphatic heterocycles. The highest BCUT2D eigenvalue weighted by Crippen LogP contribution is 2.35. The van der Waals surface area contributed by atoms with E-state index in [9.17, 15) is 10.1 Å². The van der Waals surface area contributed by atoms with Crippen LogP contribution in [0.3, 0.4) is 0 Å². The van der Waals surface area contributed by atoms with Crippen LogP contribution >= 0.6 is 0 Å². The molecule has 1 aromatic rings. The fourth-order valence-electron chi connectivity index (χ4n) is 3.80. The molecule has 7 nitrogen and oxygen atoms in total. The highest BCUT2D eigenvalue weighted by molar-refractivity contribution is 5.77. The summed E-state index contributed by atoms with van der Waals surface area (Å²) < 4.78 is 17.2. The van der Waals surface area contributed by atoms with E-state index in [4.69, 9.17) is 14.2 Å². The minimum atomic E-state index is -0.349. The van der Waals surface area contributed by atoms with Crippen molar-refractivity contribution in [1.82, 2.24) is 10.3 Å². The summed E-state index contributed by atoms with van der Waals surface area (Å²) in [5, 5.41) is 12.6. The molecule has 1 fully saturated rings. The van der Waals surface area contributed by atoms with Gasteiger partial charge in [0.2, 0.25) is 5.88 Å². The van der Waals surface area contributed by atoms with Crippen LogP contribution in [0, 0.1) is 11.3 Å². The minimum absolute atomic E-state index is 0.0818. The van der Waals surface area contributed by atoms with Crippen LogP contribution in [-0.2, 0) is 33.7 Å². The number of amides is 1. The highest BCUT2D eigenvalue weighted by atomic mass is 16.5. The van der Waals surface area contributed by atoms with Gasteiger partial charge in [0.15, 0.2) is 6.61 Å². The van der Waals surface area contributed by atoms with Gasteiger partial charge in [-0.05, 0) is 45.1 Å². The number of carbonyl (C=O) groups excluding carboxylic acids is 1. The SMILES string of the molecule is CCCCc1nc(OCC(=O)NC[C@@H]2CCCO2)c(C#N)c2c1COC(C)(C)C2. The normalized spacial score (nSPS) is 20.0. The third-order valence-corrected chi connectivity index (χ3v) is 5.44. The van der Waals surface area contributed by atoms with Gasteiger partial charge in [0.05, 0.1) is 24.0 Å². The molecule has 1 N–H and O–H groups in total. The number of nitrogens with one attached hydrogen (secondary N) is 1. The van der Waals surface area contributed by atoms with Crippen LogP contribution in [0.1, 0.15) is 68.8 Å². The standard InChI is InChI=1S/C22H31N3O4/c1-4-5-8-19-18-13-29-22(2,3)10-16(18)17(11-23)21(25-19)28-14-20(26)24-12-15-7-6-9-27-15/h15H,4-10,12-14H2,1-3H3,(H,24,26)/t15-/m0/s1. The van der Waals surface area contributed by atoms with Gasteiger partial charge in [-0.1, -0.05) is 13.3 Å². The predicted molar refractivity (Wildman–Crippen MR) is 108 cm³/mol. The van der Waals surface area contributed by atoms with E-state index in [1.165, 1.54) is 0 Å². The average molecular weight is 402 g/mol. The molecule has 1 aromatic heterocycles. The monoisotopic (exact) mass is 401 g/mol. The summed E-state index contributed by atoms with van der Waals surface area (Å²) in [6.45, 7) is 7.68. The van der Waals surface area contributed by atoms with Crippen molar-refractivity contribution in [1.29, 1.82) is 5.26 Å². The quantitative estimate of drug-likeness (QED) is 0.720. The first-order valence-electron chi connectivity index (χ1n) is 10.5. The van der Waals surface area contributed by atoms with E-state index >= 15 is 0 Å². The van der Waals surface area contributed by atoms with Gasteiger partial charge in [-0.25, -0.2) is 4.98 Å². The number of nitriles is 1. The average Bonchev–Trinajstić information content (AvgIpc) is 3.21. The topological polar surface area (TPSA) is 93.5 Å². The molecule has 1 amide bonds. The van der Waals surface area contributed by atoms with E-state index in [0.717, 1.165) is 55.5 Å². The second kappa shape index (κ2) is 9.55. The number of fused-ring (bicyclic) bond motifs is 1. The molecule has 0 unspecified atom stereocenters. The van der Waals surface area contributed by atoms with Gasteiger partial charge < -0.3 is 19.5 Å². The molecule has 1 atom stereocenters. The van der Waals surface area contributed by atoms with Gasteiger partial charge in [0.25, 0.3) is 5.91 Å². The number of rotatable bonds is 8. The molecular weight excluding hydrogens is 370 g/mol. The smallest absolute Gasteiger partial charge is 0.258 e. The summed E-state index contributed by atoms with van der Waals surface area (Å²) >= 11 is 0. The van der Waals surface area contributed by atoms with Crippen molar-refractivity contribution in [2.24, 2.45) is 0 Å². The molecule has 29 heavy (non-hydrogen) atoms. The summed E-state index contributed by atoms with van der Waals surface area (Å²) in [6, 6.07) is 2.25. The second-order valence-corrected chi connectivity index (χ2v) is 8.36. The van der Waals surface area contributed by atoms with E-state index in [2.05, 4.69) is 23.3 Å². The molecule has 3 heterocycles. The lowest BCUT2D eigenvalue weighted by Crippen LogP contribution is -2.35. The molecule has 0 spiro atoms. The summed E-state index contributed by atoms with van der Waals surface area (Å²) in [5.74, 6) is 0.0185. The lowest BCUT2D eigenvalue weighted by atomic mass is 9.87. The Balaban J connectivity index is 1.76. The number of hydrogen-bond acceptors (Lipinski definition) is 6. The molecule has 1 saturated heterocycles. The van der Waals surface area contributed by atoms with Crippen molar-refractivity contribution in [2.75, 3.05) is 19.8 Å². The van der Waals surface area contributed by atoms with Gasteiger partial charge in [0.1, 0.15) is 11.6 Å². The van der Waals surface area contributed by atoms with Crippen molar-refractivity contribution in [3.8, 4) is 11.9 Å². The number of aryl methyl sites for hydroxylation is 1. The van der Waals surface area contributed by atoms with Crippen LogP contribution in [-0.4, -0.2) is 42.4 Å². The van der Waals surface area contributed by atoms with Crippen LogP contribution in [0.2, 0.25) is 0 Å². The minimum Gasteiger partial charge on any atom is -0.467 e. The van der Waals surface area contributed by atoms with Crippen molar-refractivity contribution in [2.45, 2.75) is 77.6 Å². The lowest BCUT2D eigenvalue weighted by Gasteiger charge is -2.33.